The molecule has 19 heteroatoms. The first kappa shape index (κ1) is 50.9. The monoisotopic (exact) mass is 958 g/mol. The summed E-state index contributed by atoms with van der Waals surface area (Å²) in [5.41, 5.74) is -2.86. The molecule has 4 aliphatic carbocycles. The van der Waals surface area contributed by atoms with Crippen molar-refractivity contribution in [3.05, 3.63) is 53.1 Å². The standard InChI is InChI=1S/C47H63ClN4O13S/c1-9-36(55)65-47(19-17-32-31-21-25(4)33-22-29(53)16-18-45(33,7)37(31)35(54)23-46(32,47)8)39(56)44(61)64-43(60)38(24(2)3)50-41(58)34-11-10-20-52(34)42(59)27(6)49-40(57)26(5)51-66(62,63)30-14-12-28(48)13-15-30/h12-16,18,22,24-27,31-32,34-35,37-38,44,51,54,61H,9-11,17,19-21,23H2,1-8H3,(H,49,57)(H,50,58)/t25-,26-,27-,31?,32?,34-,35-,37?,38-,44?,45-,46-,47-/m0/s1. The minimum Gasteiger partial charge on any atom is -0.450 e. The quantitative estimate of drug-likeness (QED) is 0.125. The molecule has 362 valence electrons. The number of nitrogens with zero attached hydrogens (tertiary/aromatic N) is 1. The van der Waals surface area contributed by atoms with Crippen molar-refractivity contribution < 1.29 is 61.7 Å². The molecule has 1 aromatic rings. The van der Waals surface area contributed by atoms with Gasteiger partial charge in [-0.3, -0.25) is 28.8 Å². The van der Waals surface area contributed by atoms with Crippen LogP contribution in [0.2, 0.25) is 5.02 Å². The first-order chi connectivity index (χ1) is 30.8. The number of hydrogen-bond donors (Lipinski definition) is 5. The Hall–Kier alpha value is -4.49. The Morgan fingerprint density at radius 3 is 2.30 bits per heavy atom. The lowest BCUT2D eigenvalue weighted by atomic mass is 9.44. The summed E-state index contributed by atoms with van der Waals surface area (Å²) in [6.07, 6.45) is 3.18. The molecule has 66 heavy (non-hydrogen) atoms. The third kappa shape index (κ3) is 9.36. The molecule has 1 aromatic carbocycles. The van der Waals surface area contributed by atoms with Gasteiger partial charge in [-0.2, -0.15) is 4.72 Å². The summed E-state index contributed by atoms with van der Waals surface area (Å²) in [6, 6.07) is 0.370. The van der Waals surface area contributed by atoms with Crippen molar-refractivity contribution >= 4 is 62.9 Å². The van der Waals surface area contributed by atoms with Crippen LogP contribution in [0.15, 0.2) is 53.0 Å². The maximum Gasteiger partial charge on any atom is 0.331 e. The van der Waals surface area contributed by atoms with Gasteiger partial charge in [-0.05, 0) is 112 Å². The predicted octanol–water partition coefficient (Wildman–Crippen LogP) is 3.29. The van der Waals surface area contributed by atoms with Gasteiger partial charge in [-0.25, -0.2) is 13.2 Å². The van der Waals surface area contributed by atoms with E-state index in [1.165, 1.54) is 49.1 Å². The number of aliphatic hydroxyl groups excluding tert-OH is 2. The van der Waals surface area contributed by atoms with Crippen molar-refractivity contribution in [1.29, 1.82) is 0 Å². The van der Waals surface area contributed by atoms with Crippen molar-refractivity contribution in [2.45, 2.75) is 147 Å². The van der Waals surface area contributed by atoms with Crippen LogP contribution >= 0.6 is 11.6 Å². The molecule has 0 aromatic heterocycles. The highest BCUT2D eigenvalue weighted by molar-refractivity contribution is 7.89. The van der Waals surface area contributed by atoms with Gasteiger partial charge in [0.05, 0.1) is 17.0 Å². The Morgan fingerprint density at radius 1 is 1.00 bits per heavy atom. The third-order valence-electron chi connectivity index (χ3n) is 15.0. The van der Waals surface area contributed by atoms with E-state index in [0.717, 1.165) is 5.57 Å². The van der Waals surface area contributed by atoms with E-state index in [-0.39, 0.29) is 66.6 Å². The number of halogens is 1. The lowest BCUT2D eigenvalue weighted by molar-refractivity contribution is -0.215. The molecule has 5 aliphatic rings. The Balaban J connectivity index is 1.13. The molecular weight excluding hydrogens is 896 g/mol. The number of aliphatic hydroxyl groups is 2. The maximum atomic E-state index is 14.7. The summed E-state index contributed by atoms with van der Waals surface area (Å²) >= 11 is 5.86. The van der Waals surface area contributed by atoms with Crippen molar-refractivity contribution in [2.24, 2.45) is 40.4 Å². The van der Waals surface area contributed by atoms with Gasteiger partial charge in [0, 0.05) is 34.7 Å². The van der Waals surface area contributed by atoms with Gasteiger partial charge in [0.1, 0.15) is 18.1 Å². The zero-order valence-electron chi connectivity index (χ0n) is 38.7. The second-order valence-corrected chi connectivity index (χ2v) is 21.7. The van der Waals surface area contributed by atoms with Gasteiger partial charge in [0.15, 0.2) is 11.4 Å². The van der Waals surface area contributed by atoms with E-state index in [0.29, 0.717) is 24.3 Å². The van der Waals surface area contributed by atoms with Crippen LogP contribution in [0.5, 0.6) is 0 Å². The number of esters is 2. The number of ether oxygens (including phenoxy) is 2. The first-order valence-electron chi connectivity index (χ1n) is 22.8. The van der Waals surface area contributed by atoms with Gasteiger partial charge in [0.25, 0.3) is 6.29 Å². The Bertz CT molecular complexity index is 2300. The number of allylic oxidation sites excluding steroid dienone is 4. The summed E-state index contributed by atoms with van der Waals surface area (Å²) in [5, 5.41) is 29.0. The number of carbonyl (C=O) groups is 7. The molecule has 13 atom stereocenters. The molecule has 0 radical (unpaired) electrons. The highest BCUT2D eigenvalue weighted by Crippen LogP contribution is 2.68. The molecule has 1 aliphatic heterocycles. The number of fused-ring (bicyclic) bond motifs is 5. The van der Waals surface area contributed by atoms with E-state index in [4.69, 9.17) is 21.1 Å². The van der Waals surface area contributed by atoms with Crippen LogP contribution in [-0.2, 0) is 53.1 Å². The zero-order chi connectivity index (χ0) is 48.8. The summed E-state index contributed by atoms with van der Waals surface area (Å²) in [7, 11) is -4.12. The van der Waals surface area contributed by atoms with Crippen LogP contribution in [0.1, 0.15) is 100 Å². The van der Waals surface area contributed by atoms with Gasteiger partial charge < -0.3 is 35.2 Å². The molecule has 3 amide bonds. The molecular formula is C47H63ClN4O13S. The number of sulfonamides is 1. The van der Waals surface area contributed by atoms with Crippen molar-refractivity contribution in [1.82, 2.24) is 20.3 Å². The normalized spacial score (nSPS) is 32.2. The lowest BCUT2D eigenvalue weighted by Gasteiger charge is -2.61. The van der Waals surface area contributed by atoms with Crippen LogP contribution < -0.4 is 15.4 Å². The van der Waals surface area contributed by atoms with Gasteiger partial charge in [0.2, 0.25) is 33.5 Å². The molecule has 0 bridgehead atoms. The number of Topliss-reactive ketones (excluding diaryl/α,β-unsaturated/α-hetero) is 1. The lowest BCUT2D eigenvalue weighted by Crippen LogP contribution is -2.64. The van der Waals surface area contributed by atoms with E-state index in [1.54, 1.807) is 33.8 Å². The number of likely N-dealkylation sites (tertiary alicyclic amines) is 1. The largest absolute Gasteiger partial charge is 0.450 e. The topological polar surface area (TPSA) is 252 Å². The van der Waals surface area contributed by atoms with Crippen LogP contribution in [-0.4, -0.2) is 113 Å². The fourth-order valence-corrected chi connectivity index (χ4v) is 13.1. The van der Waals surface area contributed by atoms with Crippen molar-refractivity contribution in [2.75, 3.05) is 6.54 Å². The van der Waals surface area contributed by atoms with Gasteiger partial charge in [-0.15, -0.1) is 0 Å². The molecule has 6 rings (SSSR count). The summed E-state index contributed by atoms with van der Waals surface area (Å²) < 4.78 is 39.4. The van der Waals surface area contributed by atoms with E-state index in [2.05, 4.69) is 15.4 Å². The van der Waals surface area contributed by atoms with E-state index < -0.39 is 104 Å². The van der Waals surface area contributed by atoms with Gasteiger partial charge in [-0.1, -0.05) is 64.8 Å². The van der Waals surface area contributed by atoms with E-state index in [1.807, 2.05) is 19.9 Å². The number of ketones is 2. The minimum absolute atomic E-state index is 0.00188. The molecule has 4 unspecified atom stereocenters. The SMILES string of the molecule is CCC(=O)O[C@]1(C(=O)C(O)OC(=O)[C@@H](NC(=O)[C@@H]2CCCN2C(=O)[C@H](C)NC(=O)[C@H](C)NS(=O)(=O)c2ccc(Cl)cc2)C(C)C)CCC2C3C[C@H](C)C4=CC(=O)C=C[C@]4(C)C3[C@@H](O)C[C@@]21C. The first-order valence-corrected chi connectivity index (χ1v) is 24.6. The molecule has 0 spiro atoms. The van der Waals surface area contributed by atoms with Crippen molar-refractivity contribution in [3.8, 4) is 0 Å². The van der Waals surface area contributed by atoms with Crippen LogP contribution in [0.25, 0.3) is 0 Å². The molecule has 1 heterocycles. The van der Waals surface area contributed by atoms with Gasteiger partial charge >= 0.3 is 11.9 Å². The second kappa shape index (κ2) is 19.2. The molecule has 17 nitrogen and oxygen atoms in total. The molecule has 5 N–H and O–H groups in total. The van der Waals surface area contributed by atoms with Crippen LogP contribution in [0, 0.1) is 40.4 Å². The Labute approximate surface area is 390 Å². The molecule has 4 fully saturated rings. The summed E-state index contributed by atoms with van der Waals surface area (Å²) in [5.74, 6) is -6.59. The van der Waals surface area contributed by atoms with Crippen LogP contribution in [0.4, 0.5) is 0 Å². The summed E-state index contributed by atoms with van der Waals surface area (Å²) in [6.45, 7) is 13.5. The molecule has 3 saturated carbocycles. The highest BCUT2D eigenvalue weighted by atomic mass is 35.5. The number of rotatable bonds is 15. The van der Waals surface area contributed by atoms with Crippen molar-refractivity contribution in [3.63, 3.8) is 0 Å². The molecule has 1 saturated heterocycles. The zero-order valence-corrected chi connectivity index (χ0v) is 40.2. The minimum atomic E-state index is -4.12. The van der Waals surface area contributed by atoms with E-state index >= 15 is 0 Å². The Kier molecular flexibility index (Phi) is 14.8. The van der Waals surface area contributed by atoms with E-state index in [9.17, 15) is 52.2 Å². The fraction of sp³-hybridized carbons (Fsp3) is 0.638. The second-order valence-electron chi connectivity index (χ2n) is 19.5. The Morgan fingerprint density at radius 2 is 1.67 bits per heavy atom. The number of nitrogens with one attached hydrogen (secondary N) is 3. The smallest absolute Gasteiger partial charge is 0.331 e. The number of amides is 3. The number of hydrogen-bond acceptors (Lipinski definition) is 13. The predicted molar refractivity (Wildman–Crippen MR) is 239 cm³/mol. The average Bonchev–Trinajstić information content (AvgIpc) is 3.85. The fourth-order valence-electron chi connectivity index (χ4n) is 11.7. The maximum absolute atomic E-state index is 14.7. The van der Waals surface area contributed by atoms with Crippen LogP contribution in [0.3, 0.4) is 0 Å². The highest BCUT2D eigenvalue weighted by Gasteiger charge is 2.72. The third-order valence-corrected chi connectivity index (χ3v) is 16.8. The number of carbonyl (C=O) groups excluding carboxylic acids is 7. The summed E-state index contributed by atoms with van der Waals surface area (Å²) in [4.78, 5) is 95.9. The average molecular weight is 960 g/mol. The number of benzene rings is 1.